The fraction of sp³-hybridized carbons (Fsp3) is 0.227. The second kappa shape index (κ2) is 8.59. The van der Waals surface area contributed by atoms with Crippen LogP contribution in [0.4, 0.5) is 0 Å². The van der Waals surface area contributed by atoms with Crippen LogP contribution in [0.1, 0.15) is 28.4 Å². The summed E-state index contributed by atoms with van der Waals surface area (Å²) < 4.78 is 1.96. The summed E-state index contributed by atoms with van der Waals surface area (Å²) in [5, 5.41) is 0.494. The van der Waals surface area contributed by atoms with E-state index in [-0.39, 0.29) is 5.78 Å². The highest BCUT2D eigenvalue weighted by atomic mass is 35.5. The molecule has 3 aromatic rings. The molecule has 1 fully saturated rings. The summed E-state index contributed by atoms with van der Waals surface area (Å²) in [5.74, 6) is -2.81. The minimum Gasteiger partial charge on any atom is -0.328 e. The van der Waals surface area contributed by atoms with Crippen LogP contribution in [0.2, 0.25) is 5.02 Å². The lowest BCUT2D eigenvalue weighted by Crippen LogP contribution is -2.36. The number of ketones is 2. The molecule has 30 heavy (non-hydrogen) atoms. The fourth-order valence-corrected chi connectivity index (χ4v) is 3.95. The molecule has 2 atom stereocenters. The van der Waals surface area contributed by atoms with Crippen molar-refractivity contribution in [3.05, 3.63) is 83.7 Å². The van der Waals surface area contributed by atoms with Crippen LogP contribution < -0.4 is 4.57 Å². The number of pyridine rings is 1. The molecule has 7 nitrogen and oxygen atoms in total. The molecule has 0 aliphatic carbocycles. The molecule has 1 aliphatic heterocycles. The number of nitrogens with zero attached hydrogens (tertiary/aromatic N) is 3. The number of hydrogen-bond acceptors (Lipinski definition) is 4. The van der Waals surface area contributed by atoms with Gasteiger partial charge in [0, 0.05) is 35.9 Å². The van der Waals surface area contributed by atoms with Crippen LogP contribution in [-0.2, 0) is 16.1 Å². The monoisotopic (exact) mass is 423 g/mol. The first-order valence-electron chi connectivity index (χ1n) is 9.62. The molecule has 1 aliphatic rings. The highest BCUT2D eigenvalue weighted by Gasteiger charge is 2.51. The lowest BCUT2D eigenvalue weighted by molar-refractivity contribution is -0.695. The molecule has 1 N–H and O–H groups in total. The number of benzene rings is 1. The average Bonchev–Trinajstić information content (AvgIpc) is 3.37. The number of halogens is 1. The smallest absolute Gasteiger partial charge is 0.291 e. The van der Waals surface area contributed by atoms with Crippen LogP contribution in [-0.4, -0.2) is 38.9 Å². The molecule has 4 rings (SSSR count). The number of rotatable bonds is 7. The van der Waals surface area contributed by atoms with Crippen molar-refractivity contribution in [2.75, 3.05) is 6.54 Å². The first-order chi connectivity index (χ1) is 14.6. The Morgan fingerprint density at radius 2 is 2.00 bits per heavy atom. The third-order valence-electron chi connectivity index (χ3n) is 5.26. The van der Waals surface area contributed by atoms with Gasteiger partial charge >= 0.3 is 0 Å². The van der Waals surface area contributed by atoms with Gasteiger partial charge in [-0.15, -0.1) is 0 Å². The number of hydrogen-bond donors (Lipinski definition) is 1. The molecular weight excluding hydrogens is 404 g/mol. The maximum absolute atomic E-state index is 13.2. The Kier molecular flexibility index (Phi) is 5.72. The minimum absolute atomic E-state index is 0.351. The van der Waals surface area contributed by atoms with Gasteiger partial charge in [-0.3, -0.25) is 24.4 Å². The van der Waals surface area contributed by atoms with Crippen LogP contribution in [0.25, 0.3) is 0 Å². The summed E-state index contributed by atoms with van der Waals surface area (Å²) in [7, 11) is 0. The first kappa shape index (κ1) is 20.0. The van der Waals surface area contributed by atoms with Crippen LogP contribution >= 0.6 is 11.6 Å². The number of carbonyl (C=O) groups excluding carboxylic acids is 3. The van der Waals surface area contributed by atoms with Crippen molar-refractivity contribution in [2.45, 2.75) is 19.0 Å². The highest BCUT2D eigenvalue weighted by Crippen LogP contribution is 2.38. The van der Waals surface area contributed by atoms with Crippen LogP contribution in [0.5, 0.6) is 0 Å². The molecule has 3 heterocycles. The molecule has 0 saturated carbocycles. The van der Waals surface area contributed by atoms with Gasteiger partial charge in [0.15, 0.2) is 5.78 Å². The first-order valence-corrected chi connectivity index (χ1v) is 10.0. The van der Waals surface area contributed by atoms with Gasteiger partial charge in [-0.2, -0.15) is 0 Å². The summed E-state index contributed by atoms with van der Waals surface area (Å²) in [6.45, 7) is 1.03. The minimum atomic E-state index is -1.11. The van der Waals surface area contributed by atoms with E-state index in [1.807, 2.05) is 23.3 Å². The maximum Gasteiger partial charge on any atom is 0.291 e. The molecule has 0 bridgehead atoms. The quantitative estimate of drug-likeness (QED) is 0.273. The summed E-state index contributed by atoms with van der Waals surface area (Å²) in [6.07, 6.45) is 9.38. The Balaban J connectivity index is 1.64. The molecule has 0 radical (unpaired) electrons. The largest absolute Gasteiger partial charge is 0.328 e. The Morgan fingerprint density at radius 3 is 2.67 bits per heavy atom. The number of aryl methyl sites for hydroxylation is 1. The molecule has 1 aromatic carbocycles. The summed E-state index contributed by atoms with van der Waals surface area (Å²) in [6, 6.07) is 9.20. The number of H-pyrrole nitrogens is 1. The lowest BCUT2D eigenvalue weighted by atomic mass is 9.87. The number of carbonyl (C=O) groups is 3. The van der Waals surface area contributed by atoms with Crippen LogP contribution in [0.3, 0.4) is 0 Å². The Bertz CT molecular complexity index is 1050. The van der Waals surface area contributed by atoms with Crippen molar-refractivity contribution in [1.29, 1.82) is 0 Å². The average molecular weight is 424 g/mol. The SMILES string of the molecule is O=C1C(=O)N(CCC[n+]2cc[nH]c2)C(c2cccnc2)C1C(=O)c1ccc(Cl)cc1. The van der Waals surface area contributed by atoms with Gasteiger partial charge in [0.1, 0.15) is 18.3 Å². The van der Waals surface area contributed by atoms with E-state index in [9.17, 15) is 14.4 Å². The maximum atomic E-state index is 13.2. The van der Waals surface area contributed by atoms with Crippen LogP contribution in [0.15, 0.2) is 67.5 Å². The molecule has 1 saturated heterocycles. The zero-order valence-electron chi connectivity index (χ0n) is 16.1. The van der Waals surface area contributed by atoms with E-state index in [4.69, 9.17) is 11.6 Å². The van der Waals surface area contributed by atoms with E-state index in [1.54, 1.807) is 48.8 Å². The van der Waals surface area contributed by atoms with Crippen molar-refractivity contribution < 1.29 is 19.0 Å². The second-order valence-corrected chi connectivity index (χ2v) is 7.58. The third-order valence-corrected chi connectivity index (χ3v) is 5.51. The predicted molar refractivity (Wildman–Crippen MR) is 109 cm³/mol. The van der Waals surface area contributed by atoms with Crippen molar-refractivity contribution in [2.24, 2.45) is 5.92 Å². The molecule has 2 aromatic heterocycles. The number of aromatic amines is 1. The van der Waals surface area contributed by atoms with E-state index >= 15 is 0 Å². The highest BCUT2D eigenvalue weighted by molar-refractivity contribution is 6.44. The van der Waals surface area contributed by atoms with E-state index in [0.717, 1.165) is 0 Å². The van der Waals surface area contributed by atoms with Crippen molar-refractivity contribution in [3.63, 3.8) is 0 Å². The molecule has 2 unspecified atom stereocenters. The summed E-state index contributed by atoms with van der Waals surface area (Å²) in [5.41, 5.74) is 1.02. The Hall–Kier alpha value is -3.32. The fourth-order valence-electron chi connectivity index (χ4n) is 3.83. The van der Waals surface area contributed by atoms with Gasteiger partial charge in [-0.25, -0.2) is 4.57 Å². The van der Waals surface area contributed by atoms with Crippen LogP contribution in [0, 0.1) is 5.92 Å². The number of amides is 1. The molecule has 1 amide bonds. The van der Waals surface area contributed by atoms with E-state index in [1.165, 1.54) is 4.90 Å². The van der Waals surface area contributed by atoms with Gasteiger partial charge in [-0.1, -0.05) is 17.7 Å². The van der Waals surface area contributed by atoms with Gasteiger partial charge in [0.05, 0.1) is 12.6 Å². The van der Waals surface area contributed by atoms with Crippen molar-refractivity contribution in [3.8, 4) is 0 Å². The molecule has 8 heteroatoms. The topological polar surface area (TPSA) is 87.0 Å². The Labute approximate surface area is 178 Å². The number of imidazole rings is 1. The van der Waals surface area contributed by atoms with E-state index < -0.39 is 23.7 Å². The molecule has 152 valence electrons. The third kappa shape index (κ3) is 3.89. The normalized spacial score (nSPS) is 18.8. The lowest BCUT2D eigenvalue weighted by Gasteiger charge is -2.26. The second-order valence-electron chi connectivity index (χ2n) is 7.15. The number of nitrogens with one attached hydrogen (secondary N) is 1. The van der Waals surface area contributed by atoms with Crippen molar-refractivity contribution in [1.82, 2.24) is 14.9 Å². The molecular formula is C22H20ClN4O3+. The molecule has 0 spiro atoms. The van der Waals surface area contributed by atoms with Gasteiger partial charge in [0.25, 0.3) is 5.91 Å². The summed E-state index contributed by atoms with van der Waals surface area (Å²) >= 11 is 5.92. The zero-order chi connectivity index (χ0) is 21.1. The van der Waals surface area contributed by atoms with Crippen molar-refractivity contribution >= 4 is 29.1 Å². The number of Topliss-reactive ketones (excluding diaryl/α,β-unsaturated/α-hetero) is 2. The standard InChI is InChI=1S/C22H19ClN4O3/c23-17-6-4-15(5-7-17)20(28)18-19(16-3-1-8-24-13-16)27(22(30)21(18)29)11-2-10-26-12-9-25-14-26/h1,3-9,12-14,18-19H,2,10-11H2/p+1. The zero-order valence-corrected chi connectivity index (χ0v) is 16.8. The number of likely N-dealkylation sites (tertiary alicyclic amines) is 1. The predicted octanol–water partition coefficient (Wildman–Crippen LogP) is 2.39. The summed E-state index contributed by atoms with van der Waals surface area (Å²) in [4.78, 5) is 47.6. The van der Waals surface area contributed by atoms with Gasteiger partial charge in [0.2, 0.25) is 12.1 Å². The van der Waals surface area contributed by atoms with Gasteiger partial charge < -0.3 is 4.90 Å². The number of aromatic nitrogens is 3. The Morgan fingerprint density at radius 1 is 1.20 bits per heavy atom. The van der Waals surface area contributed by atoms with E-state index in [2.05, 4.69) is 9.97 Å². The van der Waals surface area contributed by atoms with Gasteiger partial charge in [-0.05, 0) is 35.9 Å². The van der Waals surface area contributed by atoms with E-state index in [0.29, 0.717) is 35.7 Å².